The lowest BCUT2D eigenvalue weighted by molar-refractivity contribution is -0.140. The van der Waals surface area contributed by atoms with E-state index in [1.165, 1.54) is 28.1 Å². The van der Waals surface area contributed by atoms with Crippen LogP contribution in [0.2, 0.25) is 0 Å². The van der Waals surface area contributed by atoms with Gasteiger partial charge in [0.25, 0.3) is 0 Å². The molecule has 32 heavy (non-hydrogen) atoms. The summed E-state index contributed by atoms with van der Waals surface area (Å²) >= 11 is 1.84. The molecular formula is C24H36N4O3S. The van der Waals surface area contributed by atoms with Crippen LogP contribution in [-0.4, -0.2) is 48.2 Å². The van der Waals surface area contributed by atoms with Gasteiger partial charge in [0, 0.05) is 42.5 Å². The van der Waals surface area contributed by atoms with Gasteiger partial charge in [-0.05, 0) is 49.4 Å². The molecule has 1 unspecified atom stereocenters. The van der Waals surface area contributed by atoms with Gasteiger partial charge in [-0.15, -0.1) is 11.3 Å². The number of hydrogen-bond acceptors (Lipinski definition) is 5. The summed E-state index contributed by atoms with van der Waals surface area (Å²) < 4.78 is 6.83. The van der Waals surface area contributed by atoms with E-state index < -0.39 is 0 Å². The second-order valence-electron chi connectivity index (χ2n) is 8.68. The number of rotatable bonds is 10. The molecule has 0 saturated carbocycles. The van der Waals surface area contributed by atoms with E-state index in [0.29, 0.717) is 5.92 Å². The van der Waals surface area contributed by atoms with E-state index in [9.17, 15) is 9.59 Å². The molecule has 0 aliphatic carbocycles. The van der Waals surface area contributed by atoms with E-state index in [2.05, 4.69) is 58.0 Å². The topological polar surface area (TPSA) is 75.6 Å². The molecule has 176 valence electrons. The van der Waals surface area contributed by atoms with Crippen molar-refractivity contribution < 1.29 is 14.3 Å². The summed E-state index contributed by atoms with van der Waals surface area (Å²) in [5, 5.41) is 7.23. The van der Waals surface area contributed by atoms with E-state index in [1.807, 2.05) is 23.5 Å². The Morgan fingerprint density at radius 1 is 1.22 bits per heavy atom. The number of carbonyl (C=O) groups excluding carboxylic acids is 2. The van der Waals surface area contributed by atoms with Crippen LogP contribution >= 0.6 is 11.3 Å². The van der Waals surface area contributed by atoms with Crippen molar-refractivity contribution in [3.8, 4) is 5.00 Å². The van der Waals surface area contributed by atoms with Gasteiger partial charge in [-0.2, -0.15) is 0 Å². The fourth-order valence-corrected chi connectivity index (χ4v) is 5.55. The number of urea groups is 1. The molecule has 3 rings (SSSR count). The minimum Gasteiger partial charge on any atom is -0.469 e. The smallest absolute Gasteiger partial charge is 0.315 e. The number of hydrogen-bond donors (Lipinski definition) is 2. The lowest BCUT2D eigenvalue weighted by Crippen LogP contribution is -2.39. The first kappa shape index (κ1) is 24.3. The van der Waals surface area contributed by atoms with Gasteiger partial charge in [-0.3, -0.25) is 9.69 Å². The van der Waals surface area contributed by atoms with Gasteiger partial charge in [0.05, 0.1) is 19.6 Å². The lowest BCUT2D eigenvalue weighted by atomic mass is 9.92. The highest BCUT2D eigenvalue weighted by Gasteiger charge is 2.30. The predicted molar refractivity (Wildman–Crippen MR) is 128 cm³/mol. The van der Waals surface area contributed by atoms with Crippen LogP contribution in [0, 0.1) is 5.92 Å². The van der Waals surface area contributed by atoms with Crippen molar-refractivity contribution >= 4 is 23.3 Å². The Morgan fingerprint density at radius 3 is 2.62 bits per heavy atom. The standard InChI is InChI=1S/C24H36N4O3S/c1-5-27-15-11-18-20(16-27)32-23(28-13-6-7-14-28)22(18)19(9-8-17(2)3)26-24(30)25-12-10-21(29)31-4/h6-7,13-14,17,19H,5,8-12,15-16H2,1-4H3,(H2,25,26,30). The molecule has 2 amide bonds. The van der Waals surface area contributed by atoms with E-state index >= 15 is 0 Å². The van der Waals surface area contributed by atoms with Crippen LogP contribution in [0.1, 0.15) is 62.1 Å². The number of fused-ring (bicyclic) bond motifs is 1. The maximum Gasteiger partial charge on any atom is 0.315 e. The highest BCUT2D eigenvalue weighted by atomic mass is 32.1. The number of thiophene rings is 1. The first-order valence-electron chi connectivity index (χ1n) is 11.5. The Kier molecular flexibility index (Phi) is 8.75. The summed E-state index contributed by atoms with van der Waals surface area (Å²) in [6, 6.07) is 3.75. The normalized spacial score (nSPS) is 14.8. The molecule has 0 aromatic carbocycles. The molecule has 2 aromatic rings. The predicted octanol–water partition coefficient (Wildman–Crippen LogP) is 4.26. The van der Waals surface area contributed by atoms with Gasteiger partial charge in [-0.1, -0.05) is 20.8 Å². The molecule has 1 aliphatic rings. The summed E-state index contributed by atoms with van der Waals surface area (Å²) in [4.78, 5) is 28.0. The fraction of sp³-hybridized carbons (Fsp3) is 0.583. The molecular weight excluding hydrogens is 424 g/mol. The molecule has 2 N–H and O–H groups in total. The Morgan fingerprint density at radius 2 is 1.97 bits per heavy atom. The third-order valence-corrected chi connectivity index (χ3v) is 7.22. The lowest BCUT2D eigenvalue weighted by Gasteiger charge is -2.28. The molecule has 1 atom stereocenters. The van der Waals surface area contributed by atoms with Crippen LogP contribution in [0.3, 0.4) is 0 Å². The van der Waals surface area contributed by atoms with Gasteiger partial charge < -0.3 is 19.9 Å². The molecule has 0 bridgehead atoms. The van der Waals surface area contributed by atoms with Crippen molar-refractivity contribution in [2.24, 2.45) is 5.92 Å². The van der Waals surface area contributed by atoms with E-state index in [1.54, 1.807) is 0 Å². The van der Waals surface area contributed by atoms with Gasteiger partial charge in [0.2, 0.25) is 0 Å². The van der Waals surface area contributed by atoms with Crippen molar-refractivity contribution in [2.75, 3.05) is 26.7 Å². The number of aromatic nitrogens is 1. The van der Waals surface area contributed by atoms with E-state index in [0.717, 1.165) is 38.9 Å². The maximum absolute atomic E-state index is 12.7. The molecule has 3 heterocycles. The fourth-order valence-electron chi connectivity index (χ4n) is 4.14. The number of esters is 1. The number of likely N-dealkylation sites (N-methyl/N-ethyl adjacent to an activating group) is 1. The summed E-state index contributed by atoms with van der Waals surface area (Å²) in [7, 11) is 1.35. The second kappa shape index (κ2) is 11.5. The van der Waals surface area contributed by atoms with Crippen LogP contribution < -0.4 is 10.6 Å². The Balaban J connectivity index is 1.88. The van der Waals surface area contributed by atoms with Crippen LogP contribution in [0.5, 0.6) is 0 Å². The molecule has 7 nitrogen and oxygen atoms in total. The molecule has 0 fully saturated rings. The van der Waals surface area contributed by atoms with Crippen LogP contribution in [0.25, 0.3) is 5.00 Å². The Hall–Kier alpha value is -2.32. The zero-order valence-electron chi connectivity index (χ0n) is 19.6. The number of ether oxygens (including phenoxy) is 1. The third-order valence-electron chi connectivity index (χ3n) is 5.97. The average molecular weight is 461 g/mol. The van der Waals surface area contributed by atoms with Crippen molar-refractivity contribution in [2.45, 2.75) is 59.0 Å². The quantitative estimate of drug-likeness (QED) is 0.520. The van der Waals surface area contributed by atoms with Gasteiger partial charge in [-0.25, -0.2) is 4.79 Å². The molecule has 2 aromatic heterocycles. The number of methoxy groups -OCH3 is 1. The van der Waals surface area contributed by atoms with Crippen LogP contribution in [0.4, 0.5) is 4.79 Å². The van der Waals surface area contributed by atoms with Gasteiger partial charge in [0.1, 0.15) is 5.00 Å². The zero-order valence-corrected chi connectivity index (χ0v) is 20.5. The van der Waals surface area contributed by atoms with E-state index in [-0.39, 0.29) is 31.0 Å². The van der Waals surface area contributed by atoms with Crippen molar-refractivity contribution in [1.82, 2.24) is 20.1 Å². The third kappa shape index (κ3) is 6.13. The number of carbonyl (C=O) groups is 2. The highest BCUT2D eigenvalue weighted by Crippen LogP contribution is 2.40. The second-order valence-corrected chi connectivity index (χ2v) is 9.77. The minimum absolute atomic E-state index is 0.0823. The Labute approximate surface area is 195 Å². The molecule has 0 spiro atoms. The Bertz CT molecular complexity index is 891. The SMILES string of the molecule is CCN1CCc2c(sc(-n3cccc3)c2C(CCC(C)C)NC(=O)NCCC(=O)OC)C1. The molecule has 8 heteroatoms. The zero-order chi connectivity index (χ0) is 23.1. The molecule has 0 saturated heterocycles. The largest absolute Gasteiger partial charge is 0.469 e. The summed E-state index contributed by atoms with van der Waals surface area (Å²) in [6.07, 6.45) is 7.21. The van der Waals surface area contributed by atoms with E-state index in [4.69, 9.17) is 0 Å². The van der Waals surface area contributed by atoms with Crippen LogP contribution in [0.15, 0.2) is 24.5 Å². The average Bonchev–Trinajstić information content (AvgIpc) is 3.43. The minimum atomic E-state index is -0.330. The first-order chi connectivity index (χ1) is 15.4. The maximum atomic E-state index is 12.7. The summed E-state index contributed by atoms with van der Waals surface area (Å²) in [6.45, 7) is 9.94. The molecule has 1 aliphatic heterocycles. The van der Waals surface area contributed by atoms with Crippen molar-refractivity contribution in [3.63, 3.8) is 0 Å². The number of nitrogens with zero attached hydrogens (tertiary/aromatic N) is 2. The van der Waals surface area contributed by atoms with Gasteiger partial charge in [0.15, 0.2) is 0 Å². The molecule has 0 radical (unpaired) electrons. The van der Waals surface area contributed by atoms with Crippen molar-refractivity contribution in [1.29, 1.82) is 0 Å². The van der Waals surface area contributed by atoms with Crippen LogP contribution in [-0.2, 0) is 22.5 Å². The van der Waals surface area contributed by atoms with Gasteiger partial charge >= 0.3 is 12.0 Å². The number of amides is 2. The first-order valence-corrected chi connectivity index (χ1v) is 12.4. The highest BCUT2D eigenvalue weighted by molar-refractivity contribution is 7.15. The van der Waals surface area contributed by atoms with Crippen molar-refractivity contribution in [3.05, 3.63) is 40.5 Å². The number of nitrogens with one attached hydrogen (secondary N) is 2. The summed E-state index contributed by atoms with van der Waals surface area (Å²) in [5.41, 5.74) is 2.65. The monoisotopic (exact) mass is 460 g/mol. The summed E-state index contributed by atoms with van der Waals surface area (Å²) in [5.74, 6) is 0.214.